The molecule has 0 radical (unpaired) electrons. The van der Waals surface area contributed by atoms with Crippen LogP contribution in [0, 0.1) is 5.92 Å². The average Bonchev–Trinajstić information content (AvgIpc) is 2.35. The highest BCUT2D eigenvalue weighted by Gasteiger charge is 2.22. The van der Waals surface area contributed by atoms with Crippen molar-refractivity contribution in [2.45, 2.75) is 56.7 Å². The first kappa shape index (κ1) is 13.1. The zero-order valence-corrected chi connectivity index (χ0v) is 12.4. The van der Waals surface area contributed by atoms with Crippen molar-refractivity contribution >= 4 is 15.9 Å². The Labute approximate surface area is 113 Å². The van der Waals surface area contributed by atoms with Crippen molar-refractivity contribution in [1.29, 1.82) is 0 Å². The summed E-state index contributed by atoms with van der Waals surface area (Å²) in [5, 5.41) is 0. The molecule has 0 spiro atoms. The van der Waals surface area contributed by atoms with Gasteiger partial charge in [0.05, 0.1) is 0 Å². The summed E-state index contributed by atoms with van der Waals surface area (Å²) >= 11 is 3.79. The summed E-state index contributed by atoms with van der Waals surface area (Å²) in [6.07, 6.45) is 8.36. The number of rotatable bonds is 4. The summed E-state index contributed by atoms with van der Waals surface area (Å²) in [6.45, 7) is 4.57. The van der Waals surface area contributed by atoms with Crippen LogP contribution in [0.3, 0.4) is 0 Å². The standard InChI is InChI=1S/C15H22BrN/c1-11(2)14(16)9-8-13-6-3-5-12-7-4-10-17-15(12)13/h4,7,10-11,13-14H,3,5-6,8-9H2,1-2H3. The van der Waals surface area contributed by atoms with E-state index in [1.165, 1.54) is 43.4 Å². The lowest BCUT2D eigenvalue weighted by molar-refractivity contribution is 0.465. The van der Waals surface area contributed by atoms with E-state index in [2.05, 4.69) is 46.9 Å². The Bertz CT molecular complexity index is 362. The van der Waals surface area contributed by atoms with Gasteiger partial charge in [-0.2, -0.15) is 0 Å². The second-order valence-electron chi connectivity index (χ2n) is 5.47. The first-order valence-corrected chi connectivity index (χ1v) is 7.68. The number of hydrogen-bond acceptors (Lipinski definition) is 1. The van der Waals surface area contributed by atoms with Crippen LogP contribution < -0.4 is 0 Å². The van der Waals surface area contributed by atoms with Crippen molar-refractivity contribution in [2.75, 3.05) is 0 Å². The maximum atomic E-state index is 4.61. The summed E-state index contributed by atoms with van der Waals surface area (Å²) in [4.78, 5) is 5.26. The number of aryl methyl sites for hydroxylation is 1. The molecule has 2 heteroatoms. The van der Waals surface area contributed by atoms with Crippen LogP contribution in [-0.2, 0) is 6.42 Å². The van der Waals surface area contributed by atoms with E-state index in [9.17, 15) is 0 Å². The van der Waals surface area contributed by atoms with Crippen LogP contribution in [0.15, 0.2) is 18.3 Å². The SMILES string of the molecule is CC(C)C(Br)CCC1CCCc2cccnc21. The van der Waals surface area contributed by atoms with Crippen molar-refractivity contribution in [1.82, 2.24) is 4.98 Å². The zero-order valence-electron chi connectivity index (χ0n) is 10.8. The number of halogens is 1. The topological polar surface area (TPSA) is 12.9 Å². The van der Waals surface area contributed by atoms with Crippen LogP contribution in [-0.4, -0.2) is 9.81 Å². The number of hydrogen-bond donors (Lipinski definition) is 0. The second kappa shape index (κ2) is 5.99. The highest BCUT2D eigenvalue weighted by Crippen LogP contribution is 2.34. The smallest absolute Gasteiger partial charge is 0.0466 e. The van der Waals surface area contributed by atoms with Crippen molar-refractivity contribution in [3.05, 3.63) is 29.6 Å². The van der Waals surface area contributed by atoms with Crippen molar-refractivity contribution < 1.29 is 0 Å². The van der Waals surface area contributed by atoms with Gasteiger partial charge in [-0.3, -0.25) is 4.98 Å². The molecule has 2 unspecified atom stereocenters. The van der Waals surface area contributed by atoms with Crippen LogP contribution >= 0.6 is 15.9 Å². The van der Waals surface area contributed by atoms with Gasteiger partial charge in [-0.05, 0) is 49.7 Å². The van der Waals surface area contributed by atoms with Crippen LogP contribution in [0.25, 0.3) is 0 Å². The van der Waals surface area contributed by atoms with Crippen molar-refractivity contribution in [3.63, 3.8) is 0 Å². The van der Waals surface area contributed by atoms with Crippen LogP contribution in [0.5, 0.6) is 0 Å². The second-order valence-corrected chi connectivity index (χ2v) is 6.65. The quantitative estimate of drug-likeness (QED) is 0.734. The molecule has 17 heavy (non-hydrogen) atoms. The van der Waals surface area contributed by atoms with Crippen molar-refractivity contribution in [2.24, 2.45) is 5.92 Å². The molecule has 0 fully saturated rings. The zero-order chi connectivity index (χ0) is 12.3. The van der Waals surface area contributed by atoms with Crippen LogP contribution in [0.1, 0.15) is 56.7 Å². The van der Waals surface area contributed by atoms with Crippen LogP contribution in [0.2, 0.25) is 0 Å². The monoisotopic (exact) mass is 295 g/mol. The minimum absolute atomic E-state index is 0.650. The van der Waals surface area contributed by atoms with Gasteiger partial charge in [0.1, 0.15) is 0 Å². The van der Waals surface area contributed by atoms with E-state index in [0.717, 1.165) is 5.92 Å². The summed E-state index contributed by atoms with van der Waals surface area (Å²) in [5.74, 6) is 1.42. The molecule has 2 atom stereocenters. The Hall–Kier alpha value is -0.370. The minimum atomic E-state index is 0.650. The highest BCUT2D eigenvalue weighted by molar-refractivity contribution is 9.09. The normalized spacial score (nSPS) is 21.3. The lowest BCUT2D eigenvalue weighted by atomic mass is 9.83. The Morgan fingerprint density at radius 1 is 1.47 bits per heavy atom. The van der Waals surface area contributed by atoms with E-state index in [0.29, 0.717) is 10.7 Å². The molecule has 0 saturated heterocycles. The van der Waals surface area contributed by atoms with E-state index in [1.54, 1.807) is 0 Å². The lowest BCUT2D eigenvalue weighted by Crippen LogP contribution is -2.15. The fourth-order valence-corrected chi connectivity index (χ4v) is 2.94. The molecule has 0 N–H and O–H groups in total. The predicted molar refractivity (Wildman–Crippen MR) is 76.7 cm³/mol. The van der Waals surface area contributed by atoms with Gasteiger partial charge < -0.3 is 0 Å². The van der Waals surface area contributed by atoms with E-state index < -0.39 is 0 Å². The molecule has 0 aliphatic heterocycles. The van der Waals surface area contributed by atoms with E-state index in [1.807, 2.05) is 6.20 Å². The average molecular weight is 296 g/mol. The number of aromatic nitrogens is 1. The molecular weight excluding hydrogens is 274 g/mol. The molecule has 0 aromatic carbocycles. The van der Waals surface area contributed by atoms with E-state index >= 15 is 0 Å². The van der Waals surface area contributed by atoms with Gasteiger partial charge in [-0.25, -0.2) is 0 Å². The van der Waals surface area contributed by atoms with Gasteiger partial charge in [-0.1, -0.05) is 35.8 Å². The summed E-state index contributed by atoms with van der Waals surface area (Å²) < 4.78 is 0. The number of fused-ring (bicyclic) bond motifs is 1. The number of alkyl halides is 1. The minimum Gasteiger partial charge on any atom is -0.261 e. The number of pyridine rings is 1. The Morgan fingerprint density at radius 2 is 2.29 bits per heavy atom. The third kappa shape index (κ3) is 3.31. The molecule has 0 bridgehead atoms. The maximum Gasteiger partial charge on any atom is 0.0466 e. The molecular formula is C15H22BrN. The molecule has 1 aromatic heterocycles. The van der Waals surface area contributed by atoms with E-state index in [4.69, 9.17) is 0 Å². The highest BCUT2D eigenvalue weighted by atomic mass is 79.9. The summed E-state index contributed by atoms with van der Waals surface area (Å²) in [5.41, 5.74) is 2.86. The fraction of sp³-hybridized carbons (Fsp3) is 0.667. The Kier molecular flexibility index (Phi) is 4.61. The lowest BCUT2D eigenvalue weighted by Gasteiger charge is -2.25. The third-order valence-corrected chi connectivity index (χ3v) is 5.34. The molecule has 0 saturated carbocycles. The molecule has 94 valence electrons. The third-order valence-electron chi connectivity index (χ3n) is 3.83. The van der Waals surface area contributed by atoms with Crippen molar-refractivity contribution in [3.8, 4) is 0 Å². The predicted octanol–water partition coefficient (Wildman–Crippen LogP) is 4.70. The summed E-state index contributed by atoms with van der Waals surface area (Å²) in [7, 11) is 0. The molecule has 1 aliphatic carbocycles. The molecule has 1 aromatic rings. The Morgan fingerprint density at radius 3 is 3.06 bits per heavy atom. The molecule has 2 rings (SSSR count). The van der Waals surface area contributed by atoms with Gasteiger partial charge in [0, 0.05) is 22.6 Å². The van der Waals surface area contributed by atoms with Gasteiger partial charge in [0.15, 0.2) is 0 Å². The van der Waals surface area contributed by atoms with E-state index in [-0.39, 0.29) is 0 Å². The molecule has 1 heterocycles. The largest absolute Gasteiger partial charge is 0.261 e. The fourth-order valence-electron chi connectivity index (χ4n) is 2.68. The Balaban J connectivity index is 1.99. The van der Waals surface area contributed by atoms with Gasteiger partial charge in [0.25, 0.3) is 0 Å². The first-order valence-electron chi connectivity index (χ1n) is 6.76. The van der Waals surface area contributed by atoms with Gasteiger partial charge >= 0.3 is 0 Å². The molecule has 1 aliphatic rings. The van der Waals surface area contributed by atoms with Gasteiger partial charge in [-0.15, -0.1) is 0 Å². The molecule has 1 nitrogen and oxygen atoms in total. The maximum absolute atomic E-state index is 4.61. The van der Waals surface area contributed by atoms with Crippen LogP contribution in [0.4, 0.5) is 0 Å². The molecule has 0 amide bonds. The van der Waals surface area contributed by atoms with Gasteiger partial charge in [0.2, 0.25) is 0 Å². The summed E-state index contributed by atoms with van der Waals surface area (Å²) in [6, 6.07) is 4.32. The first-order chi connectivity index (χ1) is 8.18. The number of nitrogens with zero attached hydrogens (tertiary/aromatic N) is 1.